The van der Waals surface area contributed by atoms with Gasteiger partial charge < -0.3 is 47.6 Å². The van der Waals surface area contributed by atoms with E-state index in [1.54, 1.807) is 37.8 Å². The summed E-state index contributed by atoms with van der Waals surface area (Å²) in [7, 11) is -13.3. The number of allylic oxidation sites excluding steroid dienone is 6. The third-order valence-corrected chi connectivity index (χ3v) is 22.3. The lowest BCUT2D eigenvalue weighted by Gasteiger charge is -2.32. The van der Waals surface area contributed by atoms with E-state index < -0.39 is 88.2 Å². The summed E-state index contributed by atoms with van der Waals surface area (Å²) in [6.45, 7) is 12.0. The first-order valence-corrected chi connectivity index (χ1v) is 39.2. The Morgan fingerprint density at radius 1 is 0.577 bits per heavy atom. The van der Waals surface area contributed by atoms with E-state index >= 15 is 0 Å². The summed E-state index contributed by atoms with van der Waals surface area (Å²) in [5.74, 6) is -5.00. The first-order valence-electron chi connectivity index (χ1n) is 34.8. The van der Waals surface area contributed by atoms with E-state index in [0.717, 1.165) is 44.7 Å². The second-order valence-electron chi connectivity index (χ2n) is 27.8. The summed E-state index contributed by atoms with van der Waals surface area (Å²) in [6.07, 6.45) is 14.2. The lowest BCUT2D eigenvalue weighted by molar-refractivity contribution is -0.438. The number of hydrogen-bond donors (Lipinski definition) is 11. The standard InChI is InChI=1S/C71H99N11O19S3/c1-48(102(93,94)95)29-33-82-58-28-22-50-43-52(104(99,100)101)24-26-54(50)67(58)71(4,5)60(82)19-9-6-8-18-59-70(2,3)66-53-25-23-51(103(96,97)98)42-49(53)21-27-57(66)81(59)32-15-7-10-20-61(83)74-30-13-11-16-55(72)69(92)76-56(68(73)91)17-12-14-31-75-62(84)44-77-34-36-78(45-63(85)86)38-40-80(47-65(89)90)41-39-79(37-35-77)46-64(87)88/h6,8-9,18-19,21-28,42-43,48,55-56H,7,10-17,20,29-41,44-47,72H2,1-5H3,(H10-,73,74,75,76,83,84,85,86,87,88,89,90,91,92,93,94,95,96,97,98,99,100,101)/p+1/t48?,55?,56-/m0/s1. The fourth-order valence-corrected chi connectivity index (χ4v) is 15.2. The van der Waals surface area contributed by atoms with Gasteiger partial charge in [0.15, 0.2) is 5.71 Å². The predicted octanol–water partition coefficient (Wildman–Crippen LogP) is 4.23. The van der Waals surface area contributed by atoms with Crippen LogP contribution in [0.15, 0.2) is 107 Å². The number of nitrogens with two attached hydrogens (primary N) is 2. The number of fused-ring (bicyclic) bond motifs is 6. The lowest BCUT2D eigenvalue weighted by atomic mass is 9.79. The van der Waals surface area contributed by atoms with Gasteiger partial charge in [0, 0.05) is 119 Å². The molecule has 2 unspecified atom stereocenters. The van der Waals surface area contributed by atoms with E-state index in [1.807, 2.05) is 67.3 Å². The number of carboxylic acids is 3. The molecule has 4 aromatic rings. The molecule has 3 aliphatic rings. The normalized spacial score (nSPS) is 17.9. The van der Waals surface area contributed by atoms with E-state index in [0.29, 0.717) is 68.8 Å². The maximum Gasteiger partial charge on any atom is 0.317 e. The van der Waals surface area contributed by atoms with Crippen molar-refractivity contribution in [3.05, 3.63) is 108 Å². The number of aliphatic carboxylic acids is 3. The smallest absolute Gasteiger partial charge is 0.317 e. The summed E-state index contributed by atoms with van der Waals surface area (Å²) in [5.41, 5.74) is 15.7. The van der Waals surface area contributed by atoms with Gasteiger partial charge in [0.1, 0.15) is 12.6 Å². The molecule has 570 valence electrons. The van der Waals surface area contributed by atoms with E-state index in [9.17, 15) is 87.8 Å². The van der Waals surface area contributed by atoms with E-state index in [2.05, 4.69) is 34.4 Å². The van der Waals surface area contributed by atoms with Crippen LogP contribution in [-0.2, 0) is 74.7 Å². The van der Waals surface area contributed by atoms with Crippen LogP contribution in [-0.4, -0.2) is 248 Å². The highest BCUT2D eigenvalue weighted by Crippen LogP contribution is 2.51. The minimum atomic E-state index is -4.49. The van der Waals surface area contributed by atoms with Gasteiger partial charge in [-0.1, -0.05) is 50.3 Å². The molecule has 0 saturated carbocycles. The Hall–Kier alpha value is -8.09. The number of hydrogen-bond acceptors (Lipinski definition) is 19. The van der Waals surface area contributed by atoms with E-state index in [1.165, 1.54) is 31.2 Å². The summed E-state index contributed by atoms with van der Waals surface area (Å²) in [4.78, 5) is 94.8. The zero-order valence-electron chi connectivity index (χ0n) is 59.5. The van der Waals surface area contributed by atoms with Crippen molar-refractivity contribution in [3.8, 4) is 0 Å². The SMILES string of the molecule is CC(CCN1C(=CC=CC=CC2=[N+](CCCCCC(=O)NCCCCC(N)C(=O)N[C@@H](CCCCNC(=O)CN3CCN(CC(=O)O)CCN(CC(=O)O)CCN(CC(=O)O)CC3)C(N)=O)c3ccc4cc(S(=O)(=O)O)ccc4c3C2(C)C)C(C)(C)c2c1ccc1cc(S(=O)(=O)O)ccc21)S(=O)(=O)O. The van der Waals surface area contributed by atoms with Crippen LogP contribution in [0.1, 0.15) is 116 Å². The Morgan fingerprint density at radius 3 is 1.59 bits per heavy atom. The van der Waals surface area contributed by atoms with Crippen LogP contribution in [0.25, 0.3) is 21.5 Å². The highest BCUT2D eigenvalue weighted by molar-refractivity contribution is 7.86. The maximum absolute atomic E-state index is 13.2. The van der Waals surface area contributed by atoms with Crippen molar-refractivity contribution in [1.29, 1.82) is 0 Å². The zero-order chi connectivity index (χ0) is 76.5. The molecule has 3 heterocycles. The molecule has 0 spiro atoms. The number of unbranched alkanes of at least 4 members (excludes halogenated alkanes) is 4. The van der Waals surface area contributed by atoms with E-state index in [4.69, 9.17) is 11.5 Å². The summed E-state index contributed by atoms with van der Waals surface area (Å²) >= 11 is 0. The van der Waals surface area contributed by atoms with Gasteiger partial charge in [0.05, 0.1) is 52.7 Å². The predicted molar refractivity (Wildman–Crippen MR) is 393 cm³/mol. The van der Waals surface area contributed by atoms with Crippen LogP contribution in [0.5, 0.6) is 0 Å². The topological polar surface area (TPSA) is 451 Å². The number of carbonyl (C=O) groups is 7. The fraction of sp³-hybridized carbons (Fsp3) is 0.521. The van der Waals surface area contributed by atoms with Gasteiger partial charge in [-0.15, -0.1) is 0 Å². The Kier molecular flexibility index (Phi) is 29.4. The van der Waals surface area contributed by atoms with Gasteiger partial charge in [-0.2, -0.15) is 29.8 Å². The highest BCUT2D eigenvalue weighted by atomic mass is 32.2. The molecule has 4 aromatic carbocycles. The monoisotopic (exact) mass is 1510 g/mol. The molecule has 3 atom stereocenters. The van der Waals surface area contributed by atoms with Crippen molar-refractivity contribution in [2.24, 2.45) is 11.5 Å². The summed E-state index contributed by atoms with van der Waals surface area (Å²) in [5, 5.41) is 38.6. The number of nitrogens with one attached hydrogen (secondary N) is 3. The number of primary amides is 1. The van der Waals surface area contributed by atoms with Crippen molar-refractivity contribution < 1.29 is 92.4 Å². The Balaban J connectivity index is 0.890. The average molecular weight is 1510 g/mol. The molecule has 1 saturated heterocycles. The molecule has 0 aromatic heterocycles. The van der Waals surface area contributed by atoms with Crippen molar-refractivity contribution in [2.75, 3.05) is 110 Å². The molecule has 4 amide bonds. The molecule has 7 rings (SSSR count). The fourth-order valence-electron chi connectivity index (χ4n) is 13.7. The molecular formula is C71H100N11O19S3+. The van der Waals surface area contributed by atoms with Crippen molar-refractivity contribution in [1.82, 2.24) is 35.6 Å². The number of rotatable bonds is 36. The lowest BCUT2D eigenvalue weighted by Crippen LogP contribution is -2.50. The Labute approximate surface area is 607 Å². The molecule has 1 fully saturated rings. The van der Waals surface area contributed by atoms with Gasteiger partial charge in [0.25, 0.3) is 30.4 Å². The van der Waals surface area contributed by atoms with Crippen LogP contribution in [0.4, 0.5) is 11.4 Å². The first-order chi connectivity index (χ1) is 48.9. The molecular weight excluding hydrogens is 1410 g/mol. The minimum absolute atomic E-state index is 0.0690. The molecule has 3 aliphatic heterocycles. The van der Waals surface area contributed by atoms with Gasteiger partial charge in [-0.25, -0.2) is 0 Å². The molecule has 0 aliphatic carbocycles. The quantitative estimate of drug-likeness (QED) is 0.0131. The molecule has 13 N–H and O–H groups in total. The largest absolute Gasteiger partial charge is 0.480 e. The van der Waals surface area contributed by atoms with Crippen LogP contribution < -0.4 is 32.3 Å². The van der Waals surface area contributed by atoms with Crippen molar-refractivity contribution in [2.45, 2.75) is 143 Å². The summed E-state index contributed by atoms with van der Waals surface area (Å²) < 4.78 is 105. The number of nitrogens with zero attached hydrogens (tertiary/aromatic N) is 6. The first kappa shape index (κ1) is 83.2. The number of carboxylic acid groups (broad SMARTS) is 3. The van der Waals surface area contributed by atoms with Crippen molar-refractivity contribution >= 4 is 111 Å². The van der Waals surface area contributed by atoms with Crippen molar-refractivity contribution in [3.63, 3.8) is 0 Å². The third-order valence-electron chi connectivity index (χ3n) is 19.4. The Bertz CT molecular complexity index is 4280. The van der Waals surface area contributed by atoms with Gasteiger partial charge in [0.2, 0.25) is 29.3 Å². The van der Waals surface area contributed by atoms with Gasteiger partial charge >= 0.3 is 17.9 Å². The number of benzene rings is 4. The van der Waals surface area contributed by atoms with Crippen LogP contribution in [0.2, 0.25) is 0 Å². The highest BCUT2D eigenvalue weighted by Gasteiger charge is 2.46. The molecule has 0 radical (unpaired) electrons. The second kappa shape index (κ2) is 36.8. The zero-order valence-corrected chi connectivity index (χ0v) is 62.0. The van der Waals surface area contributed by atoms with Crippen LogP contribution in [0.3, 0.4) is 0 Å². The minimum Gasteiger partial charge on any atom is -0.480 e. The molecule has 30 nitrogen and oxygen atoms in total. The molecule has 33 heteroatoms. The number of amides is 4. The van der Waals surface area contributed by atoms with Crippen LogP contribution in [0, 0.1) is 0 Å². The van der Waals surface area contributed by atoms with Gasteiger partial charge in [-0.05, 0) is 148 Å². The Morgan fingerprint density at radius 2 is 1.08 bits per heavy atom. The third kappa shape index (κ3) is 23.2. The molecule has 104 heavy (non-hydrogen) atoms. The number of carbonyl (C=O) groups excluding carboxylic acids is 4. The number of anilines is 1. The maximum atomic E-state index is 13.2. The molecule has 0 bridgehead atoms. The average Bonchev–Trinajstić information content (AvgIpc) is 1.57. The summed E-state index contributed by atoms with van der Waals surface area (Å²) in [6, 6.07) is 14.2. The second-order valence-corrected chi connectivity index (χ2v) is 32.5. The van der Waals surface area contributed by atoms with E-state index in [-0.39, 0.29) is 139 Å². The van der Waals surface area contributed by atoms with Gasteiger partial charge in [-0.3, -0.25) is 66.8 Å². The van der Waals surface area contributed by atoms with Crippen LogP contribution >= 0.6 is 0 Å².